The molecule has 1 saturated heterocycles. The molecule has 3 atom stereocenters. The van der Waals surface area contributed by atoms with Crippen LogP contribution in [0.5, 0.6) is 0 Å². The summed E-state index contributed by atoms with van der Waals surface area (Å²) in [5.41, 5.74) is 0.805. The van der Waals surface area contributed by atoms with Crippen molar-refractivity contribution in [1.29, 1.82) is 5.26 Å². The molecule has 2 aliphatic rings. The highest BCUT2D eigenvalue weighted by molar-refractivity contribution is 6.08. The fourth-order valence-corrected chi connectivity index (χ4v) is 5.20. The molecule has 0 radical (unpaired) electrons. The fourth-order valence-electron chi connectivity index (χ4n) is 5.20. The predicted octanol–water partition coefficient (Wildman–Crippen LogP) is 4.04. The second-order valence-electron chi connectivity index (χ2n) is 10.1. The molecule has 1 aliphatic heterocycles. The lowest BCUT2D eigenvalue weighted by molar-refractivity contribution is -0.123. The van der Waals surface area contributed by atoms with Gasteiger partial charge in [-0.1, -0.05) is 69.4 Å². The molecule has 1 aromatic carbocycles. The van der Waals surface area contributed by atoms with Crippen molar-refractivity contribution in [2.24, 2.45) is 16.8 Å². The number of nitriles is 1. The van der Waals surface area contributed by atoms with Crippen LogP contribution in [0.15, 0.2) is 35.3 Å². The first-order valence-electron chi connectivity index (χ1n) is 13.3. The number of amidine groups is 1. The van der Waals surface area contributed by atoms with Crippen LogP contribution in [0.3, 0.4) is 0 Å². The maximum absolute atomic E-state index is 13.5. The molecule has 35 heavy (non-hydrogen) atoms. The number of hydrogen-bond donors (Lipinski definition) is 2. The van der Waals surface area contributed by atoms with Crippen LogP contribution in [0, 0.1) is 23.2 Å². The van der Waals surface area contributed by atoms with Gasteiger partial charge in [0.1, 0.15) is 11.9 Å². The predicted molar refractivity (Wildman–Crippen MR) is 139 cm³/mol. The number of carbonyl (C=O) groups is 2. The topological polar surface area (TPSA) is 97.6 Å². The lowest BCUT2D eigenvalue weighted by Gasteiger charge is -2.26. The summed E-state index contributed by atoms with van der Waals surface area (Å²) in [5.74, 6) is 0.796. The monoisotopic (exact) mass is 479 g/mol. The fraction of sp³-hybridized carbons (Fsp3) is 0.643. The van der Waals surface area contributed by atoms with Gasteiger partial charge in [-0.3, -0.25) is 14.6 Å². The molecule has 0 bridgehead atoms. The van der Waals surface area contributed by atoms with Crippen molar-refractivity contribution >= 4 is 17.6 Å². The Morgan fingerprint density at radius 2 is 1.91 bits per heavy atom. The Hall–Kier alpha value is -2.72. The molecule has 0 aromatic heterocycles. The molecule has 7 nitrogen and oxygen atoms in total. The summed E-state index contributed by atoms with van der Waals surface area (Å²) >= 11 is 0. The lowest BCUT2D eigenvalue weighted by atomic mass is 9.84. The third kappa shape index (κ3) is 8.78. The van der Waals surface area contributed by atoms with Gasteiger partial charge in [-0.2, -0.15) is 5.26 Å². The van der Waals surface area contributed by atoms with Crippen LogP contribution in [-0.2, 0) is 9.59 Å². The van der Waals surface area contributed by atoms with E-state index in [1.807, 2.05) is 30.3 Å². The summed E-state index contributed by atoms with van der Waals surface area (Å²) in [5, 5.41) is 15.3. The maximum Gasteiger partial charge on any atom is 0.245 e. The Morgan fingerprint density at radius 1 is 1.17 bits per heavy atom. The third-order valence-corrected chi connectivity index (χ3v) is 7.30. The van der Waals surface area contributed by atoms with E-state index >= 15 is 0 Å². The molecule has 190 valence electrons. The van der Waals surface area contributed by atoms with Gasteiger partial charge in [0, 0.05) is 37.5 Å². The number of hydrogen-bond acceptors (Lipinski definition) is 5. The standard InChI is InChI=1S/C28H41N5O2/c1-3-22(19-29)14-16-33-17-15-25(20-33)31-28(35)26(18-23-10-6-4-7-11-23)32-27(30-21(2)34)24-12-8-5-9-13-24/h5,8-9,12-13,22-23,25-26H,3-4,6-7,10-11,14-18,20H2,1-2H3,(H,31,35)(H,30,32,34). The average Bonchev–Trinajstić information content (AvgIpc) is 3.31. The minimum Gasteiger partial charge on any atom is -0.350 e. The van der Waals surface area contributed by atoms with Crippen LogP contribution in [0.2, 0.25) is 0 Å². The number of rotatable bonds is 10. The Kier molecular flexibility index (Phi) is 10.7. The molecule has 0 spiro atoms. The van der Waals surface area contributed by atoms with E-state index < -0.39 is 6.04 Å². The first-order chi connectivity index (χ1) is 17.0. The zero-order chi connectivity index (χ0) is 25.0. The highest BCUT2D eigenvalue weighted by Crippen LogP contribution is 2.28. The van der Waals surface area contributed by atoms with Crippen molar-refractivity contribution in [2.45, 2.75) is 83.7 Å². The minimum atomic E-state index is -0.530. The molecule has 1 heterocycles. The summed E-state index contributed by atoms with van der Waals surface area (Å²) in [4.78, 5) is 32.6. The van der Waals surface area contributed by atoms with Crippen molar-refractivity contribution in [3.8, 4) is 6.07 Å². The Bertz CT molecular complexity index is 888. The number of aliphatic imine (C=N–C) groups is 1. The number of benzene rings is 1. The normalized spacial score (nSPS) is 21.2. The molecule has 7 heteroatoms. The summed E-state index contributed by atoms with van der Waals surface area (Å²) in [6.07, 6.45) is 9.31. The van der Waals surface area contributed by atoms with Gasteiger partial charge < -0.3 is 15.5 Å². The summed E-state index contributed by atoms with van der Waals surface area (Å²) in [7, 11) is 0. The largest absolute Gasteiger partial charge is 0.350 e. The van der Waals surface area contributed by atoms with E-state index in [4.69, 9.17) is 4.99 Å². The zero-order valence-corrected chi connectivity index (χ0v) is 21.3. The molecule has 2 amide bonds. The molecule has 1 saturated carbocycles. The number of nitrogens with one attached hydrogen (secondary N) is 2. The van der Waals surface area contributed by atoms with E-state index in [0.29, 0.717) is 18.2 Å². The van der Waals surface area contributed by atoms with Crippen molar-refractivity contribution < 1.29 is 9.59 Å². The molecule has 1 aliphatic carbocycles. The minimum absolute atomic E-state index is 0.0512. The molecule has 3 unspecified atom stereocenters. The number of nitrogens with zero attached hydrogens (tertiary/aromatic N) is 3. The van der Waals surface area contributed by atoms with Crippen LogP contribution >= 0.6 is 0 Å². The Labute approximate surface area is 210 Å². The van der Waals surface area contributed by atoms with Crippen LogP contribution in [0.25, 0.3) is 0 Å². The Morgan fingerprint density at radius 3 is 2.57 bits per heavy atom. The van der Waals surface area contributed by atoms with Crippen LogP contribution in [0.1, 0.15) is 77.2 Å². The smallest absolute Gasteiger partial charge is 0.245 e. The van der Waals surface area contributed by atoms with E-state index in [-0.39, 0.29) is 23.8 Å². The zero-order valence-electron chi connectivity index (χ0n) is 21.3. The van der Waals surface area contributed by atoms with Gasteiger partial charge in [0.05, 0.1) is 6.07 Å². The van der Waals surface area contributed by atoms with E-state index in [1.165, 1.54) is 26.2 Å². The van der Waals surface area contributed by atoms with Crippen molar-refractivity contribution in [3.05, 3.63) is 35.9 Å². The summed E-state index contributed by atoms with van der Waals surface area (Å²) in [6.45, 7) is 6.16. The van der Waals surface area contributed by atoms with Gasteiger partial charge in [-0.05, 0) is 38.1 Å². The van der Waals surface area contributed by atoms with Crippen molar-refractivity contribution in [1.82, 2.24) is 15.5 Å². The van der Waals surface area contributed by atoms with Crippen molar-refractivity contribution in [3.63, 3.8) is 0 Å². The molecule has 1 aromatic rings. The van der Waals surface area contributed by atoms with Gasteiger partial charge in [0.2, 0.25) is 11.8 Å². The van der Waals surface area contributed by atoms with Crippen LogP contribution in [0.4, 0.5) is 0 Å². The number of carbonyl (C=O) groups excluding carboxylic acids is 2. The van der Waals surface area contributed by atoms with Gasteiger partial charge in [-0.15, -0.1) is 0 Å². The second kappa shape index (κ2) is 14.0. The molecule has 3 rings (SSSR count). The third-order valence-electron chi connectivity index (χ3n) is 7.30. The number of likely N-dealkylation sites (tertiary alicyclic amines) is 1. The van der Waals surface area contributed by atoms with E-state index in [0.717, 1.165) is 57.3 Å². The van der Waals surface area contributed by atoms with Crippen LogP contribution < -0.4 is 10.6 Å². The molecule has 2 fully saturated rings. The van der Waals surface area contributed by atoms with Gasteiger partial charge in [-0.25, -0.2) is 0 Å². The molecular weight excluding hydrogens is 438 g/mol. The SMILES string of the molecule is CCC(C#N)CCN1CCC(NC(=O)C(CC2CCCCC2)N=C(NC(C)=O)c2ccccc2)C1. The van der Waals surface area contributed by atoms with Gasteiger partial charge in [0.25, 0.3) is 0 Å². The lowest BCUT2D eigenvalue weighted by Crippen LogP contribution is -2.44. The maximum atomic E-state index is 13.5. The number of amides is 2. The highest BCUT2D eigenvalue weighted by Gasteiger charge is 2.29. The second-order valence-corrected chi connectivity index (χ2v) is 10.1. The van der Waals surface area contributed by atoms with Crippen molar-refractivity contribution in [2.75, 3.05) is 19.6 Å². The highest BCUT2D eigenvalue weighted by atomic mass is 16.2. The first kappa shape index (κ1) is 26.9. The first-order valence-corrected chi connectivity index (χ1v) is 13.3. The van der Waals surface area contributed by atoms with E-state index in [2.05, 4.69) is 28.5 Å². The van der Waals surface area contributed by atoms with Gasteiger partial charge >= 0.3 is 0 Å². The summed E-state index contributed by atoms with van der Waals surface area (Å²) < 4.78 is 0. The Balaban J connectivity index is 1.70. The van der Waals surface area contributed by atoms with E-state index in [9.17, 15) is 14.9 Å². The quantitative estimate of drug-likeness (QED) is 0.391. The van der Waals surface area contributed by atoms with Gasteiger partial charge in [0.15, 0.2) is 0 Å². The summed E-state index contributed by atoms with van der Waals surface area (Å²) in [6, 6.07) is 11.5. The van der Waals surface area contributed by atoms with E-state index in [1.54, 1.807) is 0 Å². The van der Waals surface area contributed by atoms with Crippen LogP contribution in [-0.4, -0.2) is 54.3 Å². The molecule has 2 N–H and O–H groups in total. The average molecular weight is 480 g/mol. The molecular formula is C28H41N5O2.